The minimum absolute atomic E-state index is 0.0439. The highest BCUT2D eigenvalue weighted by atomic mass is 79.9. The number of carbonyl (C=O) groups is 1. The van der Waals surface area contributed by atoms with Crippen LogP contribution < -0.4 is 0 Å². The number of oxazole rings is 1. The lowest BCUT2D eigenvalue weighted by molar-refractivity contribution is 0.0698. The summed E-state index contributed by atoms with van der Waals surface area (Å²) in [5.41, 5.74) is 1.25. The van der Waals surface area contributed by atoms with Crippen LogP contribution in [0.5, 0.6) is 0 Å². The van der Waals surface area contributed by atoms with E-state index in [1.54, 1.807) is 12.1 Å². The average Bonchev–Trinajstić information content (AvgIpc) is 2.85. The highest BCUT2D eigenvalue weighted by Gasteiger charge is 2.16. The summed E-state index contributed by atoms with van der Waals surface area (Å²) in [6, 6.07) is 9.03. The Balaban J connectivity index is 2.20. The van der Waals surface area contributed by atoms with Crippen LogP contribution in [-0.4, -0.2) is 16.1 Å². The third-order valence-corrected chi connectivity index (χ3v) is 3.42. The molecule has 0 atom stereocenters. The van der Waals surface area contributed by atoms with E-state index < -0.39 is 11.8 Å². The van der Waals surface area contributed by atoms with E-state index in [4.69, 9.17) is 9.52 Å². The van der Waals surface area contributed by atoms with Gasteiger partial charge in [-0.05, 0) is 46.3 Å². The maximum atomic E-state index is 13.2. The molecule has 3 aromatic rings. The molecule has 1 aromatic heterocycles. The quantitative estimate of drug-likeness (QED) is 0.765. The Hall–Kier alpha value is -2.21. The van der Waals surface area contributed by atoms with Crippen molar-refractivity contribution in [1.29, 1.82) is 0 Å². The second-order valence-corrected chi connectivity index (χ2v) is 4.96. The predicted molar refractivity (Wildman–Crippen MR) is 74.1 cm³/mol. The molecular weight excluding hydrogens is 329 g/mol. The summed E-state index contributed by atoms with van der Waals surface area (Å²) in [6.45, 7) is 0. The molecule has 0 aliphatic carbocycles. The van der Waals surface area contributed by atoms with Gasteiger partial charge in [-0.3, -0.25) is 0 Å². The van der Waals surface area contributed by atoms with E-state index >= 15 is 0 Å². The highest BCUT2D eigenvalue weighted by molar-refractivity contribution is 9.10. The van der Waals surface area contributed by atoms with Crippen molar-refractivity contribution in [2.24, 2.45) is 0 Å². The van der Waals surface area contributed by atoms with Gasteiger partial charge in [-0.15, -0.1) is 0 Å². The minimum Gasteiger partial charge on any atom is -0.478 e. The largest absolute Gasteiger partial charge is 0.478 e. The molecule has 20 heavy (non-hydrogen) atoms. The average molecular weight is 336 g/mol. The summed E-state index contributed by atoms with van der Waals surface area (Å²) in [4.78, 5) is 15.3. The number of hydrogen-bond donors (Lipinski definition) is 1. The number of fused-ring (bicyclic) bond motifs is 1. The van der Waals surface area contributed by atoms with Crippen LogP contribution in [0.2, 0.25) is 0 Å². The second-order valence-electron chi connectivity index (χ2n) is 4.11. The van der Waals surface area contributed by atoms with Crippen LogP contribution in [0.3, 0.4) is 0 Å². The zero-order valence-electron chi connectivity index (χ0n) is 9.93. The Morgan fingerprint density at radius 3 is 2.80 bits per heavy atom. The third-order valence-electron chi connectivity index (χ3n) is 2.81. The maximum Gasteiger partial charge on any atom is 0.339 e. The number of aromatic nitrogens is 1. The Kier molecular flexibility index (Phi) is 3.02. The van der Waals surface area contributed by atoms with E-state index in [0.29, 0.717) is 11.1 Å². The van der Waals surface area contributed by atoms with Gasteiger partial charge in [0.1, 0.15) is 16.9 Å². The molecule has 1 N–H and O–H groups in total. The molecule has 0 aliphatic rings. The first-order chi connectivity index (χ1) is 9.56. The lowest BCUT2D eigenvalue weighted by Crippen LogP contribution is -1.95. The first-order valence-electron chi connectivity index (χ1n) is 5.64. The lowest BCUT2D eigenvalue weighted by atomic mass is 10.2. The summed E-state index contributed by atoms with van der Waals surface area (Å²) in [6.07, 6.45) is 0. The molecule has 100 valence electrons. The van der Waals surface area contributed by atoms with Crippen molar-refractivity contribution in [1.82, 2.24) is 4.98 Å². The molecule has 0 radical (unpaired) electrons. The molecule has 0 bridgehead atoms. The third kappa shape index (κ3) is 2.08. The van der Waals surface area contributed by atoms with E-state index in [9.17, 15) is 9.18 Å². The lowest BCUT2D eigenvalue weighted by Gasteiger charge is -1.97. The molecule has 3 rings (SSSR count). The summed E-state index contributed by atoms with van der Waals surface area (Å²) >= 11 is 3.09. The van der Waals surface area contributed by atoms with E-state index in [2.05, 4.69) is 20.9 Å². The minimum atomic E-state index is -1.08. The van der Waals surface area contributed by atoms with Crippen molar-refractivity contribution in [2.75, 3.05) is 0 Å². The number of hydrogen-bond acceptors (Lipinski definition) is 3. The smallest absolute Gasteiger partial charge is 0.339 e. The number of halogens is 2. The molecule has 1 heterocycles. The van der Waals surface area contributed by atoms with Gasteiger partial charge in [0, 0.05) is 5.56 Å². The fraction of sp³-hybridized carbons (Fsp3) is 0. The number of rotatable bonds is 2. The normalized spacial score (nSPS) is 10.9. The Morgan fingerprint density at radius 1 is 1.30 bits per heavy atom. The van der Waals surface area contributed by atoms with E-state index in [1.807, 2.05) is 0 Å². The standard InChI is InChI=1S/C14H7BrFNO3/c15-9-6-7(4-5-10(9)16)13-17-11-3-1-2-8(14(18)19)12(11)20-13/h1-6H,(H,18,19). The van der Waals surface area contributed by atoms with Gasteiger partial charge in [-0.1, -0.05) is 6.07 Å². The van der Waals surface area contributed by atoms with Gasteiger partial charge in [0.05, 0.1) is 4.47 Å². The Morgan fingerprint density at radius 2 is 2.10 bits per heavy atom. The summed E-state index contributed by atoms with van der Waals surface area (Å²) in [7, 11) is 0. The number of aromatic carboxylic acids is 1. The van der Waals surface area contributed by atoms with E-state index in [0.717, 1.165) is 0 Å². The van der Waals surface area contributed by atoms with Gasteiger partial charge < -0.3 is 9.52 Å². The van der Waals surface area contributed by atoms with Crippen LogP contribution in [0.4, 0.5) is 4.39 Å². The molecule has 0 aliphatic heterocycles. The molecule has 0 fully saturated rings. The first kappa shape index (κ1) is 12.8. The highest BCUT2D eigenvalue weighted by Crippen LogP contribution is 2.29. The van der Waals surface area contributed by atoms with Crippen molar-refractivity contribution in [2.45, 2.75) is 0 Å². The van der Waals surface area contributed by atoms with Crippen LogP contribution in [0.25, 0.3) is 22.6 Å². The zero-order chi connectivity index (χ0) is 14.3. The number of benzene rings is 2. The first-order valence-corrected chi connectivity index (χ1v) is 6.44. The monoisotopic (exact) mass is 335 g/mol. The van der Waals surface area contributed by atoms with Gasteiger partial charge >= 0.3 is 5.97 Å². The molecule has 6 heteroatoms. The summed E-state index contributed by atoms with van der Waals surface area (Å²) in [5, 5.41) is 9.10. The molecule has 0 saturated carbocycles. The molecule has 0 unspecified atom stereocenters. The SMILES string of the molecule is O=C(O)c1cccc2nc(-c3ccc(F)c(Br)c3)oc12. The van der Waals surface area contributed by atoms with Crippen molar-refractivity contribution < 1.29 is 18.7 Å². The Bertz CT molecular complexity index is 828. The molecule has 4 nitrogen and oxygen atoms in total. The number of nitrogens with zero attached hydrogens (tertiary/aromatic N) is 1. The van der Waals surface area contributed by atoms with E-state index in [1.165, 1.54) is 24.3 Å². The van der Waals surface area contributed by atoms with Crippen LogP contribution >= 0.6 is 15.9 Å². The van der Waals surface area contributed by atoms with Crippen molar-refractivity contribution >= 4 is 33.0 Å². The topological polar surface area (TPSA) is 63.3 Å². The molecule has 0 saturated heterocycles. The second kappa shape index (κ2) is 4.72. The molecule has 0 spiro atoms. The summed E-state index contributed by atoms with van der Waals surface area (Å²) < 4.78 is 19.0. The van der Waals surface area contributed by atoms with Crippen LogP contribution in [0, 0.1) is 5.82 Å². The van der Waals surface area contributed by atoms with Crippen LogP contribution in [0.15, 0.2) is 45.3 Å². The Labute approximate surface area is 121 Å². The summed E-state index contributed by atoms with van der Waals surface area (Å²) in [5.74, 6) is -1.23. The van der Waals surface area contributed by atoms with Crippen molar-refractivity contribution in [3.05, 3.63) is 52.3 Å². The van der Waals surface area contributed by atoms with Crippen molar-refractivity contribution in [3.63, 3.8) is 0 Å². The van der Waals surface area contributed by atoms with Gasteiger partial charge in [-0.2, -0.15) is 0 Å². The van der Waals surface area contributed by atoms with Crippen molar-refractivity contribution in [3.8, 4) is 11.5 Å². The number of carboxylic acid groups (broad SMARTS) is 1. The molecule has 2 aromatic carbocycles. The van der Waals surface area contributed by atoms with Crippen LogP contribution in [0.1, 0.15) is 10.4 Å². The van der Waals surface area contributed by atoms with Gasteiger partial charge in [0.2, 0.25) is 5.89 Å². The zero-order valence-corrected chi connectivity index (χ0v) is 11.5. The van der Waals surface area contributed by atoms with Gasteiger partial charge in [0.25, 0.3) is 0 Å². The van der Waals surface area contributed by atoms with Gasteiger partial charge in [-0.25, -0.2) is 14.2 Å². The molecule has 0 amide bonds. The number of carboxylic acids is 1. The molecular formula is C14H7BrFNO3. The fourth-order valence-electron chi connectivity index (χ4n) is 1.87. The number of para-hydroxylation sites is 1. The van der Waals surface area contributed by atoms with Crippen LogP contribution in [-0.2, 0) is 0 Å². The van der Waals surface area contributed by atoms with Gasteiger partial charge in [0.15, 0.2) is 5.58 Å². The maximum absolute atomic E-state index is 13.2. The van der Waals surface area contributed by atoms with E-state index in [-0.39, 0.29) is 21.5 Å². The predicted octanol–water partition coefficient (Wildman–Crippen LogP) is 4.09. The fourth-order valence-corrected chi connectivity index (χ4v) is 2.25.